The maximum atomic E-state index is 12.0. The number of nitrogen functional groups attached to an aromatic ring is 1. The van der Waals surface area contributed by atoms with Crippen molar-refractivity contribution in [2.45, 2.75) is 6.92 Å². The predicted octanol–water partition coefficient (Wildman–Crippen LogP) is -1.01. The summed E-state index contributed by atoms with van der Waals surface area (Å²) in [7, 11) is -1.33. The van der Waals surface area contributed by atoms with Crippen LogP contribution in [0.15, 0.2) is 4.99 Å². The minimum absolute atomic E-state index is 0.0768. The van der Waals surface area contributed by atoms with Crippen molar-refractivity contribution in [3.8, 4) is 0 Å². The Morgan fingerprint density at radius 2 is 2.00 bits per heavy atom. The number of hydrogen-bond acceptors (Lipinski definition) is 7. The number of carbonyl (C=O) groups excluding carboxylic acids is 1. The second-order valence-corrected chi connectivity index (χ2v) is 6.56. The largest absolute Gasteiger partial charge is 0.382 e. The zero-order valence-electron chi connectivity index (χ0n) is 12.7. The summed E-state index contributed by atoms with van der Waals surface area (Å²) in [5, 5.41) is 2.74. The highest BCUT2D eigenvalue weighted by Crippen LogP contribution is 2.20. The SMILES string of the molecule is CCNc1nc(N)c(C(=O)/N=C(/N)NS(=O)(=O)N(C)C)nc1Cl. The van der Waals surface area contributed by atoms with Gasteiger partial charge in [-0.1, -0.05) is 11.6 Å². The second kappa shape index (κ2) is 7.39. The van der Waals surface area contributed by atoms with E-state index in [4.69, 9.17) is 23.1 Å². The van der Waals surface area contributed by atoms with Crippen LogP contribution in [-0.2, 0) is 10.2 Å². The molecule has 0 bridgehead atoms. The molecule has 0 spiro atoms. The van der Waals surface area contributed by atoms with E-state index >= 15 is 0 Å². The number of hydrogen-bond donors (Lipinski definition) is 4. The molecule has 128 valence electrons. The van der Waals surface area contributed by atoms with E-state index in [-0.39, 0.29) is 22.5 Å². The first kappa shape index (κ1) is 18.9. The van der Waals surface area contributed by atoms with E-state index in [9.17, 15) is 13.2 Å². The lowest BCUT2D eigenvalue weighted by atomic mass is 10.4. The van der Waals surface area contributed by atoms with Crippen LogP contribution in [0.1, 0.15) is 17.4 Å². The maximum absolute atomic E-state index is 12.0. The summed E-state index contributed by atoms with van der Waals surface area (Å²) >= 11 is 5.87. The minimum Gasteiger partial charge on any atom is -0.382 e. The molecule has 0 aliphatic heterocycles. The third-order valence-electron chi connectivity index (χ3n) is 2.36. The van der Waals surface area contributed by atoms with Gasteiger partial charge in [-0.3, -0.25) is 4.79 Å². The summed E-state index contributed by atoms with van der Waals surface area (Å²) in [5.74, 6) is -1.63. The van der Waals surface area contributed by atoms with Gasteiger partial charge in [-0.05, 0) is 6.92 Å². The fourth-order valence-electron chi connectivity index (χ4n) is 1.27. The number of aliphatic imine (C=N–C) groups is 1. The van der Waals surface area contributed by atoms with E-state index < -0.39 is 22.1 Å². The highest BCUT2D eigenvalue weighted by Gasteiger charge is 2.19. The number of aromatic nitrogens is 2. The Kier molecular flexibility index (Phi) is 6.06. The van der Waals surface area contributed by atoms with Gasteiger partial charge < -0.3 is 16.8 Å². The molecule has 6 N–H and O–H groups in total. The highest BCUT2D eigenvalue weighted by atomic mass is 35.5. The van der Waals surface area contributed by atoms with Crippen LogP contribution in [-0.4, -0.2) is 55.2 Å². The molecule has 11 nitrogen and oxygen atoms in total. The lowest BCUT2D eigenvalue weighted by molar-refractivity contribution is 0.0998. The first-order valence-corrected chi connectivity index (χ1v) is 8.06. The molecule has 1 amide bonds. The quantitative estimate of drug-likeness (QED) is 0.380. The van der Waals surface area contributed by atoms with Gasteiger partial charge in [0.25, 0.3) is 0 Å². The average molecular weight is 365 g/mol. The van der Waals surface area contributed by atoms with Crippen LogP contribution < -0.4 is 21.5 Å². The predicted molar refractivity (Wildman–Crippen MR) is 87.3 cm³/mol. The molecule has 0 atom stereocenters. The minimum atomic E-state index is -3.89. The van der Waals surface area contributed by atoms with Crippen LogP contribution in [0.25, 0.3) is 0 Å². The zero-order chi connectivity index (χ0) is 17.8. The smallest absolute Gasteiger partial charge is 0.303 e. The summed E-state index contributed by atoms with van der Waals surface area (Å²) in [5.41, 5.74) is 10.7. The topological polar surface area (TPSA) is 169 Å². The number of nitrogens with one attached hydrogen (secondary N) is 2. The van der Waals surface area contributed by atoms with Crippen molar-refractivity contribution in [2.24, 2.45) is 10.7 Å². The third kappa shape index (κ3) is 4.91. The number of carbonyl (C=O) groups is 1. The van der Waals surface area contributed by atoms with Crippen molar-refractivity contribution in [1.82, 2.24) is 19.0 Å². The van der Waals surface area contributed by atoms with Crippen LogP contribution >= 0.6 is 11.6 Å². The zero-order valence-corrected chi connectivity index (χ0v) is 14.2. The molecule has 0 saturated heterocycles. The highest BCUT2D eigenvalue weighted by molar-refractivity contribution is 7.87. The van der Waals surface area contributed by atoms with Gasteiger partial charge in [0.2, 0.25) is 5.96 Å². The van der Waals surface area contributed by atoms with E-state index in [0.29, 0.717) is 6.54 Å². The molecule has 0 aliphatic carbocycles. The Bertz CT molecular complexity index is 734. The van der Waals surface area contributed by atoms with Crippen LogP contribution in [0.5, 0.6) is 0 Å². The summed E-state index contributed by atoms with van der Waals surface area (Å²) in [6.45, 7) is 2.34. The standard InChI is InChI=1S/C10H17ClN8O3S/c1-4-14-8-6(11)15-5(7(12)16-8)9(20)17-10(13)18-23(21,22)19(2)3/h4H2,1-3H3,(H3,12,14,16)(H3,13,17,18,20). The molecule has 23 heavy (non-hydrogen) atoms. The number of amides is 1. The number of anilines is 2. The second-order valence-electron chi connectivity index (χ2n) is 4.32. The van der Waals surface area contributed by atoms with Crippen molar-refractivity contribution < 1.29 is 13.2 Å². The van der Waals surface area contributed by atoms with Gasteiger partial charge in [-0.15, -0.1) is 0 Å². The Hall–Kier alpha value is -2.18. The molecule has 1 heterocycles. The first-order valence-electron chi connectivity index (χ1n) is 6.24. The van der Waals surface area contributed by atoms with Gasteiger partial charge in [-0.2, -0.15) is 17.7 Å². The fourth-order valence-corrected chi connectivity index (χ4v) is 1.96. The van der Waals surface area contributed by atoms with E-state index in [2.05, 4.69) is 20.3 Å². The van der Waals surface area contributed by atoms with Crippen molar-refractivity contribution >= 4 is 45.3 Å². The molecule has 1 aromatic rings. The van der Waals surface area contributed by atoms with Crippen molar-refractivity contribution in [1.29, 1.82) is 0 Å². The van der Waals surface area contributed by atoms with E-state index in [1.165, 1.54) is 14.1 Å². The Labute approximate surface area is 138 Å². The van der Waals surface area contributed by atoms with Gasteiger partial charge in [0, 0.05) is 20.6 Å². The maximum Gasteiger partial charge on any atom is 0.303 e. The molecule has 13 heteroatoms. The van der Waals surface area contributed by atoms with Gasteiger partial charge >= 0.3 is 16.1 Å². The van der Waals surface area contributed by atoms with Crippen molar-refractivity contribution in [3.63, 3.8) is 0 Å². The van der Waals surface area contributed by atoms with Crippen LogP contribution in [0.4, 0.5) is 11.6 Å². The average Bonchev–Trinajstić information content (AvgIpc) is 2.41. The summed E-state index contributed by atoms with van der Waals surface area (Å²) < 4.78 is 25.9. The van der Waals surface area contributed by atoms with Crippen molar-refractivity contribution in [3.05, 3.63) is 10.8 Å². The monoisotopic (exact) mass is 364 g/mol. The van der Waals surface area contributed by atoms with Crippen LogP contribution in [0, 0.1) is 0 Å². The summed E-state index contributed by atoms with van der Waals surface area (Å²) in [6, 6.07) is 0. The van der Waals surface area contributed by atoms with Crippen LogP contribution in [0.3, 0.4) is 0 Å². The molecule has 1 rings (SSSR count). The molecule has 0 fully saturated rings. The molecule has 1 aromatic heterocycles. The molecule has 0 saturated carbocycles. The number of guanidine groups is 1. The van der Waals surface area contributed by atoms with Gasteiger partial charge in [-0.25, -0.2) is 14.7 Å². The number of nitrogens with two attached hydrogens (primary N) is 2. The van der Waals surface area contributed by atoms with E-state index in [1.54, 1.807) is 0 Å². The molecular formula is C10H17ClN8O3S. The third-order valence-corrected chi connectivity index (χ3v) is 4.06. The van der Waals surface area contributed by atoms with Gasteiger partial charge in [0.15, 0.2) is 22.5 Å². The normalized spacial score (nSPS) is 12.3. The Balaban J connectivity index is 3.06. The molecule has 0 radical (unpaired) electrons. The Morgan fingerprint density at radius 3 is 2.52 bits per heavy atom. The summed E-state index contributed by atoms with van der Waals surface area (Å²) in [6.07, 6.45) is 0. The molecule has 0 aliphatic rings. The van der Waals surface area contributed by atoms with Gasteiger partial charge in [0.1, 0.15) is 0 Å². The Morgan fingerprint density at radius 1 is 1.39 bits per heavy atom. The van der Waals surface area contributed by atoms with Crippen molar-refractivity contribution in [2.75, 3.05) is 31.7 Å². The van der Waals surface area contributed by atoms with Crippen LogP contribution in [0.2, 0.25) is 5.15 Å². The molecular weight excluding hydrogens is 348 g/mol. The van der Waals surface area contributed by atoms with E-state index in [0.717, 1.165) is 4.31 Å². The molecule has 0 aromatic carbocycles. The molecule has 0 unspecified atom stereocenters. The van der Waals surface area contributed by atoms with E-state index in [1.807, 2.05) is 11.6 Å². The fraction of sp³-hybridized carbons (Fsp3) is 0.400. The number of nitrogens with zero attached hydrogens (tertiary/aromatic N) is 4. The number of halogens is 1. The number of rotatable bonds is 5. The van der Waals surface area contributed by atoms with Gasteiger partial charge in [0.05, 0.1) is 0 Å². The lowest BCUT2D eigenvalue weighted by Crippen LogP contribution is -2.43. The summed E-state index contributed by atoms with van der Waals surface area (Å²) in [4.78, 5) is 23.0. The first-order chi connectivity index (χ1) is 10.6. The lowest BCUT2D eigenvalue weighted by Gasteiger charge is -2.12.